The third-order valence-electron chi connectivity index (χ3n) is 6.13. The van der Waals surface area contributed by atoms with E-state index in [1.807, 2.05) is 6.92 Å². The monoisotopic (exact) mass is 503 g/mol. The number of aliphatic hydroxyl groups excluding tert-OH is 1. The van der Waals surface area contributed by atoms with E-state index in [9.17, 15) is 14.7 Å². The van der Waals surface area contributed by atoms with Crippen LogP contribution in [0.2, 0.25) is 10.0 Å². The summed E-state index contributed by atoms with van der Waals surface area (Å²) in [7, 11) is 0. The summed E-state index contributed by atoms with van der Waals surface area (Å²) in [6.07, 6.45) is 2.34. The standard InChI is InChI=1S/C25H27Cl2N3O4/c1-15-21(26)6-7-22(23(15)27)34-17-8-10-30(11-9-17)14-16(31)12-28-25(33)20-13-29-24(32)19-5-3-2-4-18(19)20/h2-7,13,16-17,31H,8-12,14H2,1H3,(H,28,33)(H,29,32)/t16-/m1/s1. The summed E-state index contributed by atoms with van der Waals surface area (Å²) in [5.41, 5.74) is 0.933. The van der Waals surface area contributed by atoms with Gasteiger partial charge in [-0.1, -0.05) is 41.4 Å². The van der Waals surface area contributed by atoms with Gasteiger partial charge in [-0.15, -0.1) is 0 Å². The molecule has 0 unspecified atom stereocenters. The first-order valence-corrected chi connectivity index (χ1v) is 12.0. The van der Waals surface area contributed by atoms with Crippen LogP contribution >= 0.6 is 23.2 Å². The van der Waals surface area contributed by atoms with Gasteiger partial charge in [0.05, 0.1) is 16.7 Å². The average Bonchev–Trinajstić information content (AvgIpc) is 2.84. The van der Waals surface area contributed by atoms with Crippen LogP contribution in [-0.4, -0.2) is 59.3 Å². The predicted octanol–water partition coefficient (Wildman–Crippen LogP) is 3.78. The molecule has 3 N–H and O–H groups in total. The number of hydrogen-bond donors (Lipinski definition) is 3. The number of aromatic amines is 1. The van der Waals surface area contributed by atoms with E-state index >= 15 is 0 Å². The van der Waals surface area contributed by atoms with Gasteiger partial charge in [0, 0.05) is 48.2 Å². The summed E-state index contributed by atoms with van der Waals surface area (Å²) in [6.45, 7) is 3.96. The number of rotatable bonds is 7. The molecule has 3 aromatic rings. The molecular weight excluding hydrogens is 477 g/mol. The van der Waals surface area contributed by atoms with E-state index in [1.54, 1.807) is 36.4 Å². The number of hydrogen-bond acceptors (Lipinski definition) is 5. The molecule has 0 aliphatic carbocycles. The van der Waals surface area contributed by atoms with Crippen LogP contribution in [0.5, 0.6) is 5.75 Å². The summed E-state index contributed by atoms with van der Waals surface area (Å²) < 4.78 is 6.08. The van der Waals surface area contributed by atoms with Crippen molar-refractivity contribution in [3.8, 4) is 5.75 Å². The summed E-state index contributed by atoms with van der Waals surface area (Å²) in [6, 6.07) is 10.5. The number of pyridine rings is 1. The van der Waals surface area contributed by atoms with E-state index in [4.69, 9.17) is 27.9 Å². The van der Waals surface area contributed by atoms with E-state index in [-0.39, 0.29) is 24.1 Å². The molecule has 4 rings (SSSR count). The maximum absolute atomic E-state index is 12.7. The molecule has 1 aliphatic heterocycles. The number of amides is 1. The molecule has 34 heavy (non-hydrogen) atoms. The number of nitrogens with one attached hydrogen (secondary N) is 2. The average molecular weight is 504 g/mol. The fourth-order valence-corrected chi connectivity index (χ4v) is 4.60. The van der Waals surface area contributed by atoms with Gasteiger partial charge in [-0.25, -0.2) is 0 Å². The lowest BCUT2D eigenvalue weighted by Crippen LogP contribution is -2.45. The normalized spacial score (nSPS) is 15.9. The first-order valence-electron chi connectivity index (χ1n) is 11.2. The maximum atomic E-state index is 12.7. The summed E-state index contributed by atoms with van der Waals surface area (Å²) >= 11 is 12.5. The number of piperidine rings is 1. The van der Waals surface area contributed by atoms with Crippen LogP contribution in [0.4, 0.5) is 0 Å². The van der Waals surface area contributed by atoms with Crippen molar-refractivity contribution in [1.29, 1.82) is 0 Å². The summed E-state index contributed by atoms with van der Waals surface area (Å²) in [4.78, 5) is 29.4. The number of fused-ring (bicyclic) bond motifs is 1. The molecule has 1 amide bonds. The number of aromatic nitrogens is 1. The lowest BCUT2D eigenvalue weighted by atomic mass is 10.1. The zero-order chi connectivity index (χ0) is 24.2. The molecule has 0 radical (unpaired) electrons. The largest absolute Gasteiger partial charge is 0.489 e. The quantitative estimate of drug-likeness (QED) is 0.456. The topological polar surface area (TPSA) is 94.7 Å². The number of aliphatic hydroxyl groups is 1. The number of ether oxygens (including phenoxy) is 1. The Bertz CT molecular complexity index is 1240. The van der Waals surface area contributed by atoms with Crippen LogP contribution < -0.4 is 15.6 Å². The van der Waals surface area contributed by atoms with Gasteiger partial charge in [0.25, 0.3) is 11.5 Å². The first kappa shape index (κ1) is 24.5. The number of carbonyl (C=O) groups excluding carboxylic acids is 1. The van der Waals surface area contributed by atoms with Crippen molar-refractivity contribution in [1.82, 2.24) is 15.2 Å². The highest BCUT2D eigenvalue weighted by atomic mass is 35.5. The zero-order valence-corrected chi connectivity index (χ0v) is 20.3. The highest BCUT2D eigenvalue weighted by Crippen LogP contribution is 2.34. The lowest BCUT2D eigenvalue weighted by Gasteiger charge is -2.33. The van der Waals surface area contributed by atoms with Crippen molar-refractivity contribution in [2.45, 2.75) is 32.0 Å². The number of likely N-dealkylation sites (tertiary alicyclic amines) is 1. The van der Waals surface area contributed by atoms with E-state index in [1.165, 1.54) is 6.20 Å². The molecule has 1 aliphatic rings. The fourth-order valence-electron chi connectivity index (χ4n) is 4.18. The van der Waals surface area contributed by atoms with Gasteiger partial charge in [0.2, 0.25) is 0 Å². The third-order valence-corrected chi connectivity index (χ3v) is 7.01. The molecule has 0 saturated carbocycles. The molecule has 1 atom stereocenters. The van der Waals surface area contributed by atoms with Crippen molar-refractivity contribution >= 4 is 39.9 Å². The van der Waals surface area contributed by atoms with Crippen molar-refractivity contribution in [3.63, 3.8) is 0 Å². The summed E-state index contributed by atoms with van der Waals surface area (Å²) in [5.74, 6) is 0.299. The second-order valence-corrected chi connectivity index (χ2v) is 9.33. The maximum Gasteiger partial charge on any atom is 0.255 e. The molecule has 0 spiro atoms. The number of carbonyl (C=O) groups is 1. The Morgan fingerprint density at radius 3 is 2.65 bits per heavy atom. The van der Waals surface area contributed by atoms with E-state index in [0.29, 0.717) is 38.7 Å². The molecule has 2 aromatic carbocycles. The van der Waals surface area contributed by atoms with Crippen LogP contribution in [0.3, 0.4) is 0 Å². The molecular formula is C25H27Cl2N3O4. The second kappa shape index (κ2) is 10.8. The smallest absolute Gasteiger partial charge is 0.255 e. The minimum absolute atomic E-state index is 0.0414. The molecule has 180 valence electrons. The van der Waals surface area contributed by atoms with Gasteiger partial charge in [0.15, 0.2) is 0 Å². The summed E-state index contributed by atoms with van der Waals surface area (Å²) in [5, 5.41) is 15.4. The number of nitrogens with zero attached hydrogens (tertiary/aromatic N) is 1. The highest BCUT2D eigenvalue weighted by molar-refractivity contribution is 6.36. The second-order valence-electron chi connectivity index (χ2n) is 8.54. The third kappa shape index (κ3) is 5.55. The molecule has 2 heterocycles. The van der Waals surface area contributed by atoms with Gasteiger partial charge >= 0.3 is 0 Å². The minimum atomic E-state index is -0.719. The number of H-pyrrole nitrogens is 1. The van der Waals surface area contributed by atoms with Crippen LogP contribution in [0.1, 0.15) is 28.8 Å². The lowest BCUT2D eigenvalue weighted by molar-refractivity contribution is 0.0594. The Balaban J connectivity index is 1.25. The molecule has 0 bridgehead atoms. The van der Waals surface area contributed by atoms with Gasteiger partial charge < -0.3 is 25.0 Å². The predicted molar refractivity (Wildman–Crippen MR) is 134 cm³/mol. The van der Waals surface area contributed by atoms with Crippen LogP contribution in [0.25, 0.3) is 10.8 Å². The van der Waals surface area contributed by atoms with Crippen molar-refractivity contribution in [2.75, 3.05) is 26.2 Å². The van der Waals surface area contributed by atoms with Gasteiger partial charge in [-0.3, -0.25) is 9.59 Å². The van der Waals surface area contributed by atoms with Crippen LogP contribution in [0, 0.1) is 6.92 Å². The van der Waals surface area contributed by atoms with E-state index in [2.05, 4.69) is 15.2 Å². The van der Waals surface area contributed by atoms with Crippen LogP contribution in [-0.2, 0) is 0 Å². The van der Waals surface area contributed by atoms with Crippen molar-refractivity contribution in [3.05, 3.63) is 74.1 Å². The highest BCUT2D eigenvalue weighted by Gasteiger charge is 2.24. The van der Waals surface area contributed by atoms with Gasteiger partial charge in [0.1, 0.15) is 11.9 Å². The Labute approximate surface area is 207 Å². The Morgan fingerprint density at radius 2 is 1.91 bits per heavy atom. The minimum Gasteiger partial charge on any atom is -0.489 e. The Hall–Kier alpha value is -2.58. The Morgan fingerprint density at radius 1 is 1.21 bits per heavy atom. The number of β-amino-alcohol motifs (C(OH)–C–C–N with tert-alkyl or cyclic N) is 1. The first-order chi connectivity index (χ1) is 16.3. The van der Waals surface area contributed by atoms with Gasteiger partial charge in [-0.2, -0.15) is 0 Å². The number of halogens is 2. The van der Waals surface area contributed by atoms with Crippen LogP contribution in [0.15, 0.2) is 47.4 Å². The van der Waals surface area contributed by atoms with Crippen molar-refractivity contribution in [2.24, 2.45) is 0 Å². The fraction of sp³-hybridized carbons (Fsp3) is 0.360. The Kier molecular flexibility index (Phi) is 7.78. The van der Waals surface area contributed by atoms with Gasteiger partial charge in [-0.05, 0) is 43.5 Å². The zero-order valence-electron chi connectivity index (χ0n) is 18.8. The van der Waals surface area contributed by atoms with E-state index in [0.717, 1.165) is 31.5 Å². The van der Waals surface area contributed by atoms with E-state index < -0.39 is 6.10 Å². The molecule has 7 nitrogen and oxygen atoms in total. The molecule has 1 saturated heterocycles. The van der Waals surface area contributed by atoms with Crippen molar-refractivity contribution < 1.29 is 14.6 Å². The SMILES string of the molecule is Cc1c(Cl)ccc(OC2CCN(C[C@H](O)CNC(=O)c3c[nH]c(=O)c4ccccc34)CC2)c1Cl. The number of benzene rings is 2. The molecule has 1 aromatic heterocycles. The molecule has 1 fully saturated rings. The molecule has 9 heteroatoms.